The number of aliphatic hydroxyl groups is 1. The maximum atomic E-state index is 9.12. The highest BCUT2D eigenvalue weighted by molar-refractivity contribution is 6.30. The predicted molar refractivity (Wildman–Crippen MR) is 62.6 cm³/mol. The number of benzene rings is 1. The van der Waals surface area contributed by atoms with E-state index in [1.807, 2.05) is 12.1 Å². The van der Waals surface area contributed by atoms with Crippen LogP contribution in [0.2, 0.25) is 5.02 Å². The van der Waals surface area contributed by atoms with Crippen molar-refractivity contribution in [3.05, 3.63) is 34.9 Å². The van der Waals surface area contributed by atoms with E-state index in [-0.39, 0.29) is 12.6 Å². The fraction of sp³-hybridized carbons (Fsp3) is 0.417. The molecule has 0 aliphatic heterocycles. The maximum Gasteiger partial charge on any atom is 0.290 e. The van der Waals surface area contributed by atoms with Gasteiger partial charge in [0.1, 0.15) is 0 Å². The lowest BCUT2D eigenvalue weighted by atomic mass is 9.78. The lowest BCUT2D eigenvalue weighted by Crippen LogP contribution is -2.29. The highest BCUT2D eigenvalue weighted by Crippen LogP contribution is 2.30. The molecule has 1 saturated carbocycles. The van der Waals surface area contributed by atoms with Crippen LogP contribution in [0.25, 0.3) is 0 Å². The summed E-state index contributed by atoms with van der Waals surface area (Å²) in [5, 5.41) is 16.8. The number of carboxylic acid groups (broad SMARTS) is 1. The Bertz CT molecular complexity index is 318. The van der Waals surface area contributed by atoms with E-state index in [1.54, 1.807) is 0 Å². The second kappa shape index (κ2) is 6.51. The van der Waals surface area contributed by atoms with E-state index in [0.29, 0.717) is 5.92 Å². The van der Waals surface area contributed by atoms with Crippen molar-refractivity contribution >= 4 is 18.1 Å². The van der Waals surface area contributed by atoms with Gasteiger partial charge in [0.05, 0.1) is 6.10 Å². The van der Waals surface area contributed by atoms with Crippen molar-refractivity contribution < 1.29 is 15.0 Å². The van der Waals surface area contributed by atoms with Crippen LogP contribution in [0.4, 0.5) is 0 Å². The fourth-order valence-corrected chi connectivity index (χ4v) is 1.95. The van der Waals surface area contributed by atoms with E-state index >= 15 is 0 Å². The molecule has 16 heavy (non-hydrogen) atoms. The molecule has 88 valence electrons. The van der Waals surface area contributed by atoms with Crippen LogP contribution in [-0.4, -0.2) is 22.8 Å². The van der Waals surface area contributed by atoms with Gasteiger partial charge in [0.2, 0.25) is 0 Å². The minimum Gasteiger partial charge on any atom is -0.483 e. The lowest BCUT2D eigenvalue weighted by molar-refractivity contribution is -0.122. The minimum absolute atomic E-state index is 0.0442. The summed E-state index contributed by atoms with van der Waals surface area (Å²) < 4.78 is 0. The third-order valence-corrected chi connectivity index (χ3v) is 2.90. The summed E-state index contributed by atoms with van der Waals surface area (Å²) in [5.74, 6) is 0.677. The Morgan fingerprint density at radius 3 is 2.25 bits per heavy atom. The number of halogens is 1. The molecule has 0 amide bonds. The van der Waals surface area contributed by atoms with Crippen LogP contribution < -0.4 is 0 Å². The molecule has 0 spiro atoms. The molecule has 0 aromatic heterocycles. The smallest absolute Gasteiger partial charge is 0.290 e. The first-order valence-electron chi connectivity index (χ1n) is 5.16. The molecule has 1 fully saturated rings. The molecule has 2 rings (SSSR count). The number of aliphatic hydroxyl groups excluding tert-OH is 1. The molecule has 1 aromatic rings. The summed E-state index contributed by atoms with van der Waals surface area (Å²) in [5.41, 5.74) is 1.32. The standard InChI is InChI=1S/C11H13ClO.CH2O2/c12-10-3-1-8(2-4-10)5-9-6-11(13)7-9;2-1-3/h1-4,9,11,13H,5-7H2;1H,(H,2,3). The van der Waals surface area contributed by atoms with Crippen molar-refractivity contribution in [2.45, 2.75) is 25.4 Å². The quantitative estimate of drug-likeness (QED) is 0.783. The molecule has 3 nitrogen and oxygen atoms in total. The molecule has 4 heteroatoms. The zero-order chi connectivity index (χ0) is 12.0. The van der Waals surface area contributed by atoms with Crippen molar-refractivity contribution in [1.29, 1.82) is 0 Å². The third kappa shape index (κ3) is 4.21. The maximum absolute atomic E-state index is 9.12. The molecule has 0 bridgehead atoms. The van der Waals surface area contributed by atoms with Crippen molar-refractivity contribution in [3.8, 4) is 0 Å². The first kappa shape index (κ1) is 13.0. The Balaban J connectivity index is 0.000000386. The van der Waals surface area contributed by atoms with E-state index in [2.05, 4.69) is 12.1 Å². The molecule has 0 atom stereocenters. The predicted octanol–water partition coefficient (Wildman–Crippen LogP) is 2.35. The van der Waals surface area contributed by atoms with Gasteiger partial charge in [-0.25, -0.2) is 0 Å². The Morgan fingerprint density at radius 2 is 1.81 bits per heavy atom. The zero-order valence-electron chi connectivity index (χ0n) is 8.84. The molecule has 0 unspecified atom stereocenters. The summed E-state index contributed by atoms with van der Waals surface area (Å²) in [7, 11) is 0. The van der Waals surface area contributed by atoms with E-state index in [9.17, 15) is 0 Å². The second-order valence-electron chi connectivity index (χ2n) is 3.93. The minimum atomic E-state index is -0.250. The van der Waals surface area contributed by atoms with Gasteiger partial charge in [-0.2, -0.15) is 0 Å². The van der Waals surface area contributed by atoms with Crippen LogP contribution >= 0.6 is 11.6 Å². The second-order valence-corrected chi connectivity index (χ2v) is 4.36. The number of hydrogen-bond acceptors (Lipinski definition) is 2. The van der Waals surface area contributed by atoms with Gasteiger partial charge in [-0.3, -0.25) is 4.79 Å². The lowest BCUT2D eigenvalue weighted by Gasteiger charge is -2.31. The van der Waals surface area contributed by atoms with Crippen molar-refractivity contribution in [2.24, 2.45) is 5.92 Å². The van der Waals surface area contributed by atoms with Gasteiger partial charge in [0, 0.05) is 5.02 Å². The largest absolute Gasteiger partial charge is 0.483 e. The summed E-state index contributed by atoms with van der Waals surface area (Å²) in [6, 6.07) is 7.97. The average molecular weight is 243 g/mol. The van der Waals surface area contributed by atoms with Gasteiger partial charge in [-0.1, -0.05) is 23.7 Å². The highest BCUT2D eigenvalue weighted by Gasteiger charge is 2.26. The first-order valence-corrected chi connectivity index (χ1v) is 5.54. The molecule has 1 aliphatic rings. The summed E-state index contributed by atoms with van der Waals surface area (Å²) in [4.78, 5) is 8.36. The van der Waals surface area contributed by atoms with Gasteiger partial charge in [-0.15, -0.1) is 0 Å². The average Bonchev–Trinajstić information content (AvgIpc) is 2.20. The van der Waals surface area contributed by atoms with Crippen LogP contribution in [0.1, 0.15) is 18.4 Å². The van der Waals surface area contributed by atoms with Crippen LogP contribution in [0.5, 0.6) is 0 Å². The van der Waals surface area contributed by atoms with Crippen molar-refractivity contribution in [3.63, 3.8) is 0 Å². The molecule has 0 radical (unpaired) electrons. The fourth-order valence-electron chi connectivity index (χ4n) is 1.82. The monoisotopic (exact) mass is 242 g/mol. The van der Waals surface area contributed by atoms with Crippen LogP contribution in [0.15, 0.2) is 24.3 Å². The Labute approximate surface area is 99.7 Å². The Hall–Kier alpha value is -1.06. The SMILES string of the molecule is O=CO.OC1CC(Cc2ccc(Cl)cc2)C1. The third-order valence-electron chi connectivity index (χ3n) is 2.65. The molecular weight excluding hydrogens is 228 g/mol. The van der Waals surface area contributed by atoms with Crippen molar-refractivity contribution in [2.75, 3.05) is 0 Å². The van der Waals surface area contributed by atoms with Gasteiger partial charge < -0.3 is 10.2 Å². The topological polar surface area (TPSA) is 57.5 Å². The summed E-state index contributed by atoms with van der Waals surface area (Å²) >= 11 is 5.78. The van der Waals surface area contributed by atoms with E-state index in [0.717, 1.165) is 24.3 Å². The van der Waals surface area contributed by atoms with E-state index < -0.39 is 0 Å². The molecule has 1 aliphatic carbocycles. The summed E-state index contributed by atoms with van der Waals surface area (Å²) in [6.45, 7) is -0.250. The van der Waals surface area contributed by atoms with Crippen LogP contribution in [0, 0.1) is 5.92 Å². The molecule has 2 N–H and O–H groups in total. The zero-order valence-corrected chi connectivity index (χ0v) is 9.60. The van der Waals surface area contributed by atoms with E-state index in [1.165, 1.54) is 5.56 Å². The molecule has 0 saturated heterocycles. The molecular formula is C12H15ClO3. The van der Waals surface area contributed by atoms with Crippen LogP contribution in [-0.2, 0) is 11.2 Å². The Kier molecular flexibility index (Phi) is 5.29. The van der Waals surface area contributed by atoms with Crippen LogP contribution in [0.3, 0.4) is 0 Å². The molecule has 0 heterocycles. The van der Waals surface area contributed by atoms with Gasteiger partial charge in [-0.05, 0) is 42.9 Å². The van der Waals surface area contributed by atoms with E-state index in [4.69, 9.17) is 26.6 Å². The van der Waals surface area contributed by atoms with Gasteiger partial charge in [0.25, 0.3) is 6.47 Å². The number of hydrogen-bond donors (Lipinski definition) is 2. The number of carbonyl (C=O) groups is 1. The number of rotatable bonds is 2. The normalized spacial score (nSPS) is 22.6. The molecule has 1 aromatic carbocycles. The van der Waals surface area contributed by atoms with Gasteiger partial charge >= 0.3 is 0 Å². The highest BCUT2D eigenvalue weighted by atomic mass is 35.5. The van der Waals surface area contributed by atoms with Gasteiger partial charge in [0.15, 0.2) is 0 Å². The van der Waals surface area contributed by atoms with Crippen molar-refractivity contribution in [1.82, 2.24) is 0 Å². The summed E-state index contributed by atoms with van der Waals surface area (Å²) in [6.07, 6.45) is 2.96. The first-order chi connectivity index (χ1) is 7.65. The Morgan fingerprint density at radius 1 is 1.31 bits per heavy atom.